The van der Waals surface area contributed by atoms with Gasteiger partial charge in [-0.1, -0.05) is 66.2 Å². The summed E-state index contributed by atoms with van der Waals surface area (Å²) in [5, 5.41) is 0. The number of carbonyl (C=O) groups is 2. The third-order valence-corrected chi connectivity index (χ3v) is 18.7. The molecule has 0 N–H and O–H groups in total. The first-order valence-electron chi connectivity index (χ1n) is 25.2. The Morgan fingerprint density at radius 3 is 1.18 bits per heavy atom. The second-order valence-corrected chi connectivity index (χ2v) is 25.5. The van der Waals surface area contributed by atoms with Crippen molar-refractivity contribution in [3.05, 3.63) is 65.7 Å². The second-order valence-electron chi connectivity index (χ2n) is 19.9. The van der Waals surface area contributed by atoms with E-state index in [4.69, 9.17) is 6.64 Å². The number of unbranched alkanes of at least 4 members (excludes halogenated alkanes) is 22. The molecule has 0 unspecified atom stereocenters. The molecule has 0 fully saturated rings. The Morgan fingerprint density at radius 2 is 0.817 bits per heavy atom. The molecule has 0 saturated carbocycles. The standard InChI is InChI=1S/2C18H35O.C15H16O.C3H7O.O.Ti/c2*1-18(2)16-14-12-10-8-6-4-3-5-7-9-11-13-15-17-19;1-15(2,12-8-4-3-5-9-12)13-10-6-7-11-14(13)16;1-3(2)4;;/h2*18H,3-16H2,1-2H3;3-11,16H,1-2H3;3H,1-2H3;;/q;;;-1;;+2/p-1. The van der Waals surface area contributed by atoms with Crippen LogP contribution in [0.5, 0.6) is 5.75 Å². The van der Waals surface area contributed by atoms with Crippen LogP contribution in [0, 0.1) is 11.8 Å². The first-order chi connectivity index (χ1) is 28.7. The Hall–Kier alpha value is -1.95. The van der Waals surface area contributed by atoms with Gasteiger partial charge in [-0.15, -0.1) is 0 Å². The van der Waals surface area contributed by atoms with Crippen molar-refractivity contribution in [3.8, 4) is 5.75 Å². The summed E-state index contributed by atoms with van der Waals surface area (Å²) in [6.07, 6.45) is 30.3. The Bertz CT molecular complexity index is 1440. The number of rotatable bonds is 38. The molecule has 0 radical (unpaired) electrons. The van der Waals surface area contributed by atoms with Crippen LogP contribution >= 0.6 is 0 Å². The zero-order chi connectivity index (χ0) is 44.1. The second kappa shape index (κ2) is 30.2. The summed E-state index contributed by atoms with van der Waals surface area (Å²) in [5.41, 5.74) is 1.28. The van der Waals surface area contributed by atoms with E-state index in [1.165, 1.54) is 116 Å². The van der Waals surface area contributed by atoms with Crippen LogP contribution in [-0.2, 0) is 37.7 Å². The molecule has 0 aliphatic rings. The van der Waals surface area contributed by atoms with E-state index in [1.54, 1.807) is 19.9 Å². The van der Waals surface area contributed by atoms with Gasteiger partial charge in [0.1, 0.15) is 0 Å². The Kier molecular flexibility index (Phi) is 27.3. The SMILES string of the molecule is CC(C)CCCCCCCCCCCCCC[C](=O)[Ti](=[O])([O]c1ccccc1C(C)(C)c1ccccc1)([O]C(C)C)[C](=O)CCCCCCCCCCCCCCC(C)C. The molecular formula is C54H92O5Ti. The van der Waals surface area contributed by atoms with Gasteiger partial charge >= 0.3 is 296 Å². The van der Waals surface area contributed by atoms with E-state index < -0.39 is 35.7 Å². The average Bonchev–Trinajstić information content (AvgIpc) is 3.20. The summed E-state index contributed by atoms with van der Waals surface area (Å²) in [6, 6.07) is 17.6. The van der Waals surface area contributed by atoms with Gasteiger partial charge in [0.25, 0.3) is 0 Å². The average molecular weight is 869 g/mol. The van der Waals surface area contributed by atoms with Gasteiger partial charge in [0.05, 0.1) is 0 Å². The van der Waals surface area contributed by atoms with E-state index in [0.29, 0.717) is 18.6 Å². The first-order valence-corrected chi connectivity index (χ1v) is 28.7. The van der Waals surface area contributed by atoms with Gasteiger partial charge in [0.2, 0.25) is 0 Å². The van der Waals surface area contributed by atoms with Crippen LogP contribution in [-0.4, -0.2) is 14.3 Å². The number of carbonyl (C=O) groups excluding carboxylic acids is 2. The van der Waals surface area contributed by atoms with Crippen molar-refractivity contribution < 1.29 is 35.6 Å². The minimum absolute atomic E-state index is 0.0260. The summed E-state index contributed by atoms with van der Waals surface area (Å²) in [7, 11) is 0. The quantitative estimate of drug-likeness (QED) is 0.0497. The van der Waals surface area contributed by atoms with Crippen LogP contribution < -0.4 is 3.32 Å². The summed E-state index contributed by atoms with van der Waals surface area (Å²) < 4.78 is 27.6. The summed E-state index contributed by atoms with van der Waals surface area (Å²) in [5.74, 6) is 1.92. The van der Waals surface area contributed by atoms with E-state index >= 15 is 3.32 Å². The first kappa shape index (κ1) is 54.2. The fraction of sp³-hybridized carbons (Fsp3) is 0.741. The van der Waals surface area contributed by atoms with Crippen LogP contribution in [0.15, 0.2) is 54.6 Å². The van der Waals surface area contributed by atoms with Crippen LogP contribution in [0.25, 0.3) is 0 Å². The maximum absolute atomic E-state index is 15.9. The molecule has 0 aromatic heterocycles. The van der Waals surface area contributed by atoms with Gasteiger partial charge in [0, 0.05) is 0 Å². The molecule has 0 aliphatic carbocycles. The smallest absolute Gasteiger partial charge is 0.0628 e. The van der Waals surface area contributed by atoms with E-state index in [-0.39, 0.29) is 12.8 Å². The Labute approximate surface area is 371 Å². The molecule has 0 spiro atoms. The molecule has 342 valence electrons. The van der Waals surface area contributed by atoms with Crippen molar-refractivity contribution in [2.24, 2.45) is 11.8 Å². The molecule has 2 rings (SSSR count). The molecule has 0 saturated heterocycles. The van der Waals surface area contributed by atoms with Crippen LogP contribution in [0.1, 0.15) is 246 Å². The molecule has 0 aliphatic heterocycles. The molecule has 0 amide bonds. The van der Waals surface area contributed by atoms with Gasteiger partial charge in [0.15, 0.2) is 0 Å². The van der Waals surface area contributed by atoms with Crippen LogP contribution in [0.2, 0.25) is 0 Å². The van der Waals surface area contributed by atoms with Crippen LogP contribution in [0.4, 0.5) is 0 Å². The summed E-state index contributed by atoms with van der Waals surface area (Å²) in [4.78, 5) is 29.2. The van der Waals surface area contributed by atoms with Crippen molar-refractivity contribution in [1.82, 2.24) is 0 Å². The molecule has 0 heterocycles. The molecule has 2 aromatic rings. The fourth-order valence-corrected chi connectivity index (χ4v) is 14.2. The van der Waals surface area contributed by atoms with E-state index in [2.05, 4.69) is 53.7 Å². The number of hydrogen-bond acceptors (Lipinski definition) is 5. The van der Waals surface area contributed by atoms with Crippen molar-refractivity contribution in [1.29, 1.82) is 0 Å². The molecule has 6 heteroatoms. The monoisotopic (exact) mass is 869 g/mol. The normalized spacial score (nSPS) is 12.5. The zero-order valence-electron chi connectivity index (χ0n) is 40.3. The van der Waals surface area contributed by atoms with E-state index in [1.807, 2.05) is 36.4 Å². The topological polar surface area (TPSA) is 69.7 Å². The van der Waals surface area contributed by atoms with E-state index in [0.717, 1.165) is 61.5 Å². The molecule has 0 bridgehead atoms. The maximum atomic E-state index is 15.9. The number of para-hydroxylation sites is 1. The number of benzene rings is 2. The minimum Gasteiger partial charge on any atom is -0.0628 e. The van der Waals surface area contributed by atoms with Gasteiger partial charge < -0.3 is 0 Å². The third kappa shape index (κ3) is 20.5. The van der Waals surface area contributed by atoms with Crippen molar-refractivity contribution in [2.45, 2.75) is 247 Å². The third-order valence-electron chi connectivity index (χ3n) is 12.6. The van der Waals surface area contributed by atoms with Crippen molar-refractivity contribution in [3.63, 3.8) is 0 Å². The van der Waals surface area contributed by atoms with E-state index in [9.17, 15) is 9.59 Å². The molecule has 0 atom stereocenters. The summed E-state index contributed by atoms with van der Waals surface area (Å²) in [6.45, 7) is 16.9. The molecular weight excluding hydrogens is 776 g/mol. The molecule has 5 nitrogen and oxygen atoms in total. The Morgan fingerprint density at radius 1 is 0.483 bits per heavy atom. The predicted octanol–water partition coefficient (Wildman–Crippen LogP) is 17.0. The summed E-state index contributed by atoms with van der Waals surface area (Å²) >= 11 is -6.75. The van der Waals surface area contributed by atoms with Gasteiger partial charge in [-0.2, -0.15) is 0 Å². The fourth-order valence-electron chi connectivity index (χ4n) is 8.78. The molecule has 60 heavy (non-hydrogen) atoms. The predicted molar refractivity (Wildman–Crippen MR) is 252 cm³/mol. The van der Waals surface area contributed by atoms with Gasteiger partial charge in [-0.05, 0) is 11.8 Å². The Balaban J connectivity index is 2.05. The van der Waals surface area contributed by atoms with Gasteiger partial charge in [-0.3, -0.25) is 0 Å². The number of hydrogen-bond donors (Lipinski definition) is 0. The van der Waals surface area contributed by atoms with Crippen LogP contribution in [0.3, 0.4) is 0 Å². The van der Waals surface area contributed by atoms with Gasteiger partial charge in [-0.25, -0.2) is 0 Å². The minimum atomic E-state index is -6.75. The zero-order valence-corrected chi connectivity index (χ0v) is 41.8. The van der Waals surface area contributed by atoms with Crippen molar-refractivity contribution in [2.75, 3.05) is 0 Å². The molecule has 2 aromatic carbocycles. The van der Waals surface area contributed by atoms with Crippen molar-refractivity contribution >= 4 is 8.18 Å².